The molecular weight excluding hydrogens is 286 g/mol. The number of hydrogen-bond donors (Lipinski definition) is 1. The molecule has 118 valence electrons. The van der Waals surface area contributed by atoms with Crippen LogP contribution >= 0.6 is 0 Å². The van der Waals surface area contributed by atoms with Crippen molar-refractivity contribution >= 4 is 23.2 Å². The normalized spacial score (nSPS) is 11.2. The van der Waals surface area contributed by atoms with Crippen molar-refractivity contribution in [2.45, 2.75) is 20.8 Å². The number of anilines is 1. The number of rotatable bonds is 8. The third-order valence-electron chi connectivity index (χ3n) is 2.59. The van der Waals surface area contributed by atoms with Crippen molar-refractivity contribution in [1.29, 1.82) is 0 Å². The Hall–Kier alpha value is -2.63. The van der Waals surface area contributed by atoms with Crippen LogP contribution < -0.4 is 5.32 Å². The van der Waals surface area contributed by atoms with Gasteiger partial charge in [-0.2, -0.15) is 0 Å². The van der Waals surface area contributed by atoms with Crippen molar-refractivity contribution in [3.05, 3.63) is 41.8 Å². The number of esters is 1. The molecule has 22 heavy (non-hydrogen) atoms. The number of carbonyl (C=O) groups is 3. The smallest absolute Gasteiger partial charge is 0.380 e. The highest BCUT2D eigenvalue weighted by atomic mass is 16.5. The van der Waals surface area contributed by atoms with Gasteiger partial charge >= 0.3 is 5.97 Å². The van der Waals surface area contributed by atoms with Crippen molar-refractivity contribution in [3.63, 3.8) is 0 Å². The molecule has 6 heteroatoms. The first-order valence-electron chi connectivity index (χ1n) is 6.92. The highest BCUT2D eigenvalue weighted by Crippen LogP contribution is 2.15. The van der Waals surface area contributed by atoms with E-state index in [1.165, 1.54) is 6.92 Å². The predicted octanol–water partition coefficient (Wildman–Crippen LogP) is 2.07. The summed E-state index contributed by atoms with van der Waals surface area (Å²) in [5.41, 5.74) is 0.269. The van der Waals surface area contributed by atoms with Gasteiger partial charge in [0.05, 0.1) is 13.2 Å². The minimum atomic E-state index is -1.08. The summed E-state index contributed by atoms with van der Waals surface area (Å²) in [6.07, 6.45) is 0. The van der Waals surface area contributed by atoms with Crippen LogP contribution in [0.25, 0.3) is 0 Å². The zero-order valence-corrected chi connectivity index (χ0v) is 12.8. The molecule has 1 aromatic rings. The van der Waals surface area contributed by atoms with E-state index in [2.05, 4.69) is 10.1 Å². The van der Waals surface area contributed by atoms with E-state index in [9.17, 15) is 14.4 Å². The molecule has 0 fully saturated rings. The molecule has 0 unspecified atom stereocenters. The summed E-state index contributed by atoms with van der Waals surface area (Å²) in [5.74, 6) is -2.75. The first-order valence-corrected chi connectivity index (χ1v) is 6.92. The van der Waals surface area contributed by atoms with Gasteiger partial charge < -0.3 is 14.8 Å². The van der Waals surface area contributed by atoms with Gasteiger partial charge in [0.2, 0.25) is 5.88 Å². The molecular formula is C16H19NO5. The van der Waals surface area contributed by atoms with Crippen molar-refractivity contribution < 1.29 is 23.9 Å². The molecule has 0 aliphatic rings. The topological polar surface area (TPSA) is 81.7 Å². The molecule has 0 aliphatic heterocycles. The first kappa shape index (κ1) is 17.4. The number of hydrogen-bond acceptors (Lipinski definition) is 6. The van der Waals surface area contributed by atoms with E-state index in [-0.39, 0.29) is 24.7 Å². The van der Waals surface area contributed by atoms with Crippen LogP contribution in [0.4, 0.5) is 5.69 Å². The highest BCUT2D eigenvalue weighted by Gasteiger charge is 2.28. The van der Waals surface area contributed by atoms with E-state index in [0.717, 1.165) is 0 Å². The second-order valence-electron chi connectivity index (χ2n) is 4.23. The number of carbonyl (C=O) groups excluding carboxylic acids is 3. The maximum absolute atomic E-state index is 12.1. The molecule has 1 aromatic carbocycles. The van der Waals surface area contributed by atoms with Crippen LogP contribution in [0.3, 0.4) is 0 Å². The Morgan fingerprint density at radius 1 is 1.00 bits per heavy atom. The van der Waals surface area contributed by atoms with Gasteiger partial charge in [-0.3, -0.25) is 9.59 Å². The number of nitrogens with one attached hydrogen (secondary N) is 1. The molecule has 0 spiro atoms. The highest BCUT2D eigenvalue weighted by molar-refractivity contribution is 6.47. The van der Waals surface area contributed by atoms with Gasteiger partial charge in [-0.05, 0) is 32.9 Å². The molecule has 6 nitrogen and oxygen atoms in total. The Morgan fingerprint density at radius 2 is 1.59 bits per heavy atom. The lowest BCUT2D eigenvalue weighted by Gasteiger charge is -2.14. The van der Waals surface area contributed by atoms with Crippen molar-refractivity contribution in [3.8, 4) is 0 Å². The molecule has 0 saturated carbocycles. The number of benzene rings is 1. The minimum Gasteiger partial charge on any atom is -0.479 e. The van der Waals surface area contributed by atoms with E-state index in [1.54, 1.807) is 38.1 Å². The molecule has 0 radical (unpaired) electrons. The summed E-state index contributed by atoms with van der Waals surface area (Å²) in [4.78, 5) is 35.5. The number of Topliss-reactive ketones (excluding diaryl/α,β-unsaturated/α-hetero) is 2. The molecule has 0 aromatic heterocycles. The van der Waals surface area contributed by atoms with Gasteiger partial charge in [0.1, 0.15) is 5.57 Å². The van der Waals surface area contributed by atoms with E-state index < -0.39 is 17.5 Å². The summed E-state index contributed by atoms with van der Waals surface area (Å²) < 4.78 is 9.99. The van der Waals surface area contributed by atoms with Gasteiger partial charge in [-0.1, -0.05) is 18.2 Å². The van der Waals surface area contributed by atoms with Crippen molar-refractivity contribution in [2.24, 2.45) is 0 Å². The third kappa shape index (κ3) is 4.73. The van der Waals surface area contributed by atoms with Gasteiger partial charge in [0, 0.05) is 5.69 Å². The third-order valence-corrected chi connectivity index (χ3v) is 2.59. The number of ketones is 2. The van der Waals surface area contributed by atoms with E-state index in [4.69, 9.17) is 4.74 Å². The standard InChI is InChI=1S/C16H19NO5/c1-4-21-15(17-12-9-7-6-8-10-12)13(11(3)18)14(19)16(20)22-5-2/h6-10,17H,4-5H2,1-3H3/b15-13+. The largest absolute Gasteiger partial charge is 0.479 e. The zero-order chi connectivity index (χ0) is 16.5. The molecule has 0 heterocycles. The molecule has 0 saturated heterocycles. The zero-order valence-electron chi connectivity index (χ0n) is 12.8. The van der Waals surface area contributed by atoms with E-state index >= 15 is 0 Å². The monoisotopic (exact) mass is 305 g/mol. The summed E-state index contributed by atoms with van der Waals surface area (Å²) >= 11 is 0. The van der Waals surface area contributed by atoms with Crippen LogP contribution in [0.15, 0.2) is 41.8 Å². The minimum absolute atomic E-state index is 0.0475. The Morgan fingerprint density at radius 3 is 2.09 bits per heavy atom. The molecule has 0 amide bonds. The Bertz CT molecular complexity index is 577. The average molecular weight is 305 g/mol. The number of ether oxygens (including phenoxy) is 2. The molecule has 0 atom stereocenters. The fraction of sp³-hybridized carbons (Fsp3) is 0.312. The van der Waals surface area contributed by atoms with Crippen molar-refractivity contribution in [1.82, 2.24) is 0 Å². The summed E-state index contributed by atoms with van der Waals surface area (Å²) in [5, 5.41) is 2.85. The summed E-state index contributed by atoms with van der Waals surface area (Å²) in [6, 6.07) is 8.88. The lowest BCUT2D eigenvalue weighted by Crippen LogP contribution is -2.26. The second-order valence-corrected chi connectivity index (χ2v) is 4.23. The maximum Gasteiger partial charge on any atom is 0.380 e. The van der Waals surface area contributed by atoms with Crippen LogP contribution in [0.1, 0.15) is 20.8 Å². The van der Waals surface area contributed by atoms with Crippen LogP contribution in [0, 0.1) is 0 Å². The van der Waals surface area contributed by atoms with Gasteiger partial charge in [0.15, 0.2) is 5.78 Å². The van der Waals surface area contributed by atoms with Crippen LogP contribution in [0.2, 0.25) is 0 Å². The molecule has 0 bridgehead atoms. The lowest BCUT2D eigenvalue weighted by atomic mass is 10.1. The molecule has 0 aliphatic carbocycles. The SMILES string of the molecule is CCOC(=O)C(=O)/C(C(C)=O)=C(\Nc1ccccc1)OCC. The summed E-state index contributed by atoms with van der Waals surface area (Å²) in [7, 11) is 0. The van der Waals surface area contributed by atoms with Gasteiger partial charge in [-0.25, -0.2) is 4.79 Å². The van der Waals surface area contributed by atoms with E-state index in [1.807, 2.05) is 6.07 Å². The van der Waals surface area contributed by atoms with Crippen molar-refractivity contribution in [2.75, 3.05) is 18.5 Å². The molecule has 1 rings (SSSR count). The second kappa shape index (κ2) is 8.61. The Balaban J connectivity index is 3.21. The van der Waals surface area contributed by atoms with Crippen LogP contribution in [-0.2, 0) is 23.9 Å². The fourth-order valence-corrected chi connectivity index (χ4v) is 1.69. The van der Waals surface area contributed by atoms with Crippen LogP contribution in [-0.4, -0.2) is 30.7 Å². The lowest BCUT2D eigenvalue weighted by molar-refractivity contribution is -0.152. The van der Waals surface area contributed by atoms with Gasteiger partial charge in [-0.15, -0.1) is 0 Å². The Kier molecular flexibility index (Phi) is 6.82. The van der Waals surface area contributed by atoms with Crippen LogP contribution in [0.5, 0.6) is 0 Å². The van der Waals surface area contributed by atoms with E-state index in [0.29, 0.717) is 5.69 Å². The average Bonchev–Trinajstić information content (AvgIpc) is 2.48. The number of para-hydroxylation sites is 1. The molecule has 1 N–H and O–H groups in total. The van der Waals surface area contributed by atoms with Gasteiger partial charge in [0.25, 0.3) is 5.78 Å². The quantitative estimate of drug-likeness (QED) is 0.198. The first-order chi connectivity index (χ1) is 10.5. The Labute approximate surface area is 129 Å². The summed E-state index contributed by atoms with van der Waals surface area (Å²) in [6.45, 7) is 4.75. The maximum atomic E-state index is 12.1. The fourth-order valence-electron chi connectivity index (χ4n) is 1.69. The predicted molar refractivity (Wildman–Crippen MR) is 81.0 cm³/mol.